The van der Waals surface area contributed by atoms with Gasteiger partial charge in [-0.1, -0.05) is 23.7 Å². The molecule has 7 heteroatoms. The van der Waals surface area contributed by atoms with Gasteiger partial charge in [0.2, 0.25) is 0 Å². The molecule has 0 heterocycles. The molecule has 0 aliphatic carbocycles. The third-order valence-corrected chi connectivity index (χ3v) is 5.10. The number of nitrogens with two attached hydrogens (primary N) is 1. The van der Waals surface area contributed by atoms with Crippen molar-refractivity contribution in [2.24, 2.45) is 0 Å². The fourth-order valence-electron chi connectivity index (χ4n) is 1.90. The Kier molecular flexibility index (Phi) is 4.29. The first-order valence-electron chi connectivity index (χ1n) is 6.05. The minimum absolute atomic E-state index is 0.0385. The average molecular weight is 327 g/mol. The summed E-state index contributed by atoms with van der Waals surface area (Å²) in [5, 5.41) is 0.302. The summed E-state index contributed by atoms with van der Waals surface area (Å²) in [5.74, 6) is 0.448. The molecule has 0 saturated heterocycles. The molecule has 2 aromatic rings. The molecule has 0 radical (unpaired) electrons. The number of nitrogen functional groups attached to an aromatic ring is 1. The highest BCUT2D eigenvalue weighted by atomic mass is 35.5. The number of ether oxygens (including phenoxy) is 1. The van der Waals surface area contributed by atoms with Crippen LogP contribution in [0.5, 0.6) is 5.75 Å². The Bertz CT molecular complexity index is 763. The number of nitrogens with zero attached hydrogens (tertiary/aromatic N) is 1. The van der Waals surface area contributed by atoms with Crippen LogP contribution >= 0.6 is 11.6 Å². The van der Waals surface area contributed by atoms with Crippen LogP contribution < -0.4 is 14.8 Å². The fourth-order valence-corrected chi connectivity index (χ4v) is 3.48. The summed E-state index contributed by atoms with van der Waals surface area (Å²) in [5.41, 5.74) is 6.32. The number of sulfonamides is 1. The number of anilines is 2. The van der Waals surface area contributed by atoms with Crippen LogP contribution in [0, 0.1) is 0 Å². The second-order valence-corrected chi connectivity index (χ2v) is 6.70. The van der Waals surface area contributed by atoms with Gasteiger partial charge in [-0.3, -0.25) is 4.31 Å². The Balaban J connectivity index is 2.55. The predicted molar refractivity (Wildman–Crippen MR) is 84.4 cm³/mol. The van der Waals surface area contributed by atoms with Crippen molar-refractivity contribution in [3.63, 3.8) is 0 Å². The predicted octanol–water partition coefficient (Wildman–Crippen LogP) is 2.76. The van der Waals surface area contributed by atoms with Gasteiger partial charge < -0.3 is 10.5 Å². The van der Waals surface area contributed by atoms with E-state index >= 15 is 0 Å². The van der Waals surface area contributed by atoms with Crippen molar-refractivity contribution in [1.29, 1.82) is 0 Å². The Morgan fingerprint density at radius 3 is 2.52 bits per heavy atom. The summed E-state index contributed by atoms with van der Waals surface area (Å²) >= 11 is 5.87. The van der Waals surface area contributed by atoms with Gasteiger partial charge in [-0.15, -0.1) is 0 Å². The SMILES string of the molecule is COc1ccccc1N(C)S(=O)(=O)c1cc(Cl)ccc1N. The lowest BCUT2D eigenvalue weighted by Crippen LogP contribution is -2.27. The third kappa shape index (κ3) is 2.91. The van der Waals surface area contributed by atoms with E-state index in [-0.39, 0.29) is 10.6 Å². The van der Waals surface area contributed by atoms with Crippen LogP contribution in [0.1, 0.15) is 0 Å². The van der Waals surface area contributed by atoms with E-state index in [1.807, 2.05) is 0 Å². The molecule has 0 unspecified atom stereocenters. The van der Waals surface area contributed by atoms with Crippen LogP contribution in [0.4, 0.5) is 11.4 Å². The summed E-state index contributed by atoms with van der Waals surface area (Å²) in [6.45, 7) is 0. The first-order chi connectivity index (χ1) is 9.87. The van der Waals surface area contributed by atoms with Gasteiger partial charge in [-0.2, -0.15) is 0 Å². The van der Waals surface area contributed by atoms with Crippen molar-refractivity contribution in [2.45, 2.75) is 4.90 Å². The highest BCUT2D eigenvalue weighted by Crippen LogP contribution is 2.33. The van der Waals surface area contributed by atoms with Gasteiger partial charge in [0.1, 0.15) is 10.6 Å². The molecule has 0 aromatic heterocycles. The van der Waals surface area contributed by atoms with Crippen LogP contribution in [0.15, 0.2) is 47.4 Å². The lowest BCUT2D eigenvalue weighted by molar-refractivity contribution is 0.416. The van der Waals surface area contributed by atoms with E-state index in [1.54, 1.807) is 30.3 Å². The molecule has 0 saturated carbocycles. The zero-order valence-corrected chi connectivity index (χ0v) is 13.1. The van der Waals surface area contributed by atoms with Gasteiger partial charge >= 0.3 is 0 Å². The van der Waals surface area contributed by atoms with Crippen molar-refractivity contribution in [3.8, 4) is 5.75 Å². The van der Waals surface area contributed by atoms with Crippen LogP contribution in [0.2, 0.25) is 5.02 Å². The Morgan fingerprint density at radius 1 is 1.19 bits per heavy atom. The molecular weight excluding hydrogens is 312 g/mol. The van der Waals surface area contributed by atoms with E-state index in [9.17, 15) is 8.42 Å². The average Bonchev–Trinajstić information content (AvgIpc) is 2.48. The molecule has 21 heavy (non-hydrogen) atoms. The summed E-state index contributed by atoms with van der Waals surface area (Å²) in [7, 11) is -0.917. The van der Waals surface area contributed by atoms with Crippen molar-refractivity contribution < 1.29 is 13.2 Å². The molecule has 2 rings (SSSR count). The van der Waals surface area contributed by atoms with Crippen molar-refractivity contribution in [2.75, 3.05) is 24.2 Å². The standard InChI is InChI=1S/C14H15ClN2O3S/c1-17(12-5-3-4-6-13(12)20-2)21(18,19)14-9-10(15)7-8-11(14)16/h3-9H,16H2,1-2H3. The normalized spacial score (nSPS) is 11.2. The lowest BCUT2D eigenvalue weighted by atomic mass is 10.3. The monoisotopic (exact) mass is 326 g/mol. The molecule has 0 aliphatic heterocycles. The minimum Gasteiger partial charge on any atom is -0.495 e. The molecule has 5 nitrogen and oxygen atoms in total. The smallest absolute Gasteiger partial charge is 0.266 e. The van der Waals surface area contributed by atoms with Gasteiger partial charge in [0.25, 0.3) is 10.0 Å². The van der Waals surface area contributed by atoms with Crippen LogP contribution in [-0.2, 0) is 10.0 Å². The number of hydrogen-bond donors (Lipinski definition) is 1. The highest BCUT2D eigenvalue weighted by Gasteiger charge is 2.25. The van der Waals surface area contributed by atoms with Gasteiger partial charge in [0, 0.05) is 12.1 Å². The number of hydrogen-bond acceptors (Lipinski definition) is 4. The number of para-hydroxylation sites is 2. The Morgan fingerprint density at radius 2 is 1.86 bits per heavy atom. The number of benzene rings is 2. The maximum atomic E-state index is 12.7. The van der Waals surface area contributed by atoms with E-state index in [4.69, 9.17) is 22.1 Å². The van der Waals surface area contributed by atoms with E-state index < -0.39 is 10.0 Å². The molecule has 0 atom stereocenters. The lowest BCUT2D eigenvalue weighted by Gasteiger charge is -2.22. The van der Waals surface area contributed by atoms with Crippen LogP contribution in [-0.4, -0.2) is 22.6 Å². The quantitative estimate of drug-likeness (QED) is 0.877. The van der Waals surface area contributed by atoms with Crippen LogP contribution in [0.3, 0.4) is 0 Å². The summed E-state index contributed by atoms with van der Waals surface area (Å²) < 4.78 is 31.7. The molecule has 2 N–H and O–H groups in total. The second kappa shape index (κ2) is 5.83. The van der Waals surface area contributed by atoms with E-state index in [2.05, 4.69) is 0 Å². The third-order valence-electron chi connectivity index (χ3n) is 3.04. The molecule has 2 aromatic carbocycles. The number of rotatable bonds is 4. The first kappa shape index (κ1) is 15.5. The Hall–Kier alpha value is -1.92. The topological polar surface area (TPSA) is 72.6 Å². The fraction of sp³-hybridized carbons (Fsp3) is 0.143. The highest BCUT2D eigenvalue weighted by molar-refractivity contribution is 7.93. The van der Waals surface area contributed by atoms with Gasteiger partial charge in [0.05, 0.1) is 18.5 Å². The van der Waals surface area contributed by atoms with Crippen LogP contribution in [0.25, 0.3) is 0 Å². The molecule has 0 aliphatic rings. The first-order valence-corrected chi connectivity index (χ1v) is 7.86. The van der Waals surface area contributed by atoms with Gasteiger partial charge in [-0.25, -0.2) is 8.42 Å². The van der Waals surface area contributed by atoms with Gasteiger partial charge in [-0.05, 0) is 30.3 Å². The maximum absolute atomic E-state index is 12.7. The number of methoxy groups -OCH3 is 1. The molecule has 0 spiro atoms. The van der Waals surface area contributed by atoms with Crippen molar-refractivity contribution in [1.82, 2.24) is 0 Å². The minimum atomic E-state index is -3.83. The van der Waals surface area contributed by atoms with Crippen molar-refractivity contribution in [3.05, 3.63) is 47.5 Å². The summed E-state index contributed by atoms with van der Waals surface area (Å²) in [6.07, 6.45) is 0. The summed E-state index contributed by atoms with van der Waals surface area (Å²) in [4.78, 5) is -0.0385. The zero-order valence-electron chi connectivity index (χ0n) is 11.6. The second-order valence-electron chi connectivity index (χ2n) is 4.33. The molecule has 0 fully saturated rings. The van der Waals surface area contributed by atoms with E-state index in [1.165, 1.54) is 26.3 Å². The zero-order chi connectivity index (χ0) is 15.6. The molecule has 112 valence electrons. The maximum Gasteiger partial charge on any atom is 0.266 e. The van der Waals surface area contributed by atoms with Crippen molar-refractivity contribution >= 4 is 33.0 Å². The molecular formula is C14H15ClN2O3S. The number of halogens is 1. The van der Waals surface area contributed by atoms with E-state index in [0.717, 1.165) is 4.31 Å². The largest absolute Gasteiger partial charge is 0.495 e. The molecule has 0 bridgehead atoms. The Labute approximate surface area is 128 Å². The van der Waals surface area contributed by atoms with E-state index in [0.29, 0.717) is 16.5 Å². The molecule has 0 amide bonds. The van der Waals surface area contributed by atoms with Gasteiger partial charge in [0.15, 0.2) is 0 Å². The summed E-state index contributed by atoms with van der Waals surface area (Å²) in [6, 6.07) is 11.2.